The average molecular weight is 227 g/mol. The second kappa shape index (κ2) is 6.55. The van der Waals surface area contributed by atoms with Crippen LogP contribution in [0.3, 0.4) is 0 Å². The molecule has 16 heavy (non-hydrogen) atoms. The zero-order valence-electron chi connectivity index (χ0n) is 10.5. The smallest absolute Gasteiger partial charge is 0.0594 e. The molecule has 4 heteroatoms. The highest BCUT2D eigenvalue weighted by atomic mass is 16.5. The van der Waals surface area contributed by atoms with Crippen LogP contribution in [0.1, 0.15) is 13.3 Å². The number of ether oxygens (including phenoxy) is 1. The fraction of sp³-hybridized carbons (Fsp3) is 1.00. The Kier molecular flexibility index (Phi) is 5.03. The predicted octanol–water partition coefficient (Wildman–Crippen LogP) is 0.00240. The van der Waals surface area contributed by atoms with Gasteiger partial charge in [-0.05, 0) is 19.9 Å². The number of rotatable bonds is 3. The monoisotopic (exact) mass is 227 g/mol. The van der Waals surface area contributed by atoms with E-state index in [0.29, 0.717) is 6.04 Å². The lowest BCUT2D eigenvalue weighted by Gasteiger charge is -2.29. The fourth-order valence-electron chi connectivity index (χ4n) is 2.39. The normalized spacial score (nSPS) is 30.2. The summed E-state index contributed by atoms with van der Waals surface area (Å²) in [4.78, 5) is 5.11. The lowest BCUT2D eigenvalue weighted by atomic mass is 10.2. The van der Waals surface area contributed by atoms with Gasteiger partial charge < -0.3 is 15.0 Å². The van der Waals surface area contributed by atoms with Crippen molar-refractivity contribution < 1.29 is 4.74 Å². The first-order valence-corrected chi connectivity index (χ1v) is 6.60. The van der Waals surface area contributed by atoms with Gasteiger partial charge in [0.15, 0.2) is 0 Å². The number of hydrogen-bond acceptors (Lipinski definition) is 4. The van der Waals surface area contributed by atoms with Crippen molar-refractivity contribution >= 4 is 0 Å². The Morgan fingerprint density at radius 3 is 2.50 bits per heavy atom. The molecule has 94 valence electrons. The molecule has 2 heterocycles. The fourth-order valence-corrected chi connectivity index (χ4v) is 2.39. The molecule has 0 saturated carbocycles. The molecular formula is C12H25N3O. The molecule has 0 spiro atoms. The summed E-state index contributed by atoms with van der Waals surface area (Å²) in [6.07, 6.45) is 1.28. The van der Waals surface area contributed by atoms with Crippen LogP contribution in [-0.2, 0) is 4.74 Å². The third kappa shape index (κ3) is 4.01. The zero-order valence-corrected chi connectivity index (χ0v) is 10.5. The van der Waals surface area contributed by atoms with E-state index in [-0.39, 0.29) is 0 Å². The van der Waals surface area contributed by atoms with Gasteiger partial charge in [-0.2, -0.15) is 0 Å². The molecule has 0 aromatic heterocycles. The van der Waals surface area contributed by atoms with Gasteiger partial charge in [-0.1, -0.05) is 0 Å². The van der Waals surface area contributed by atoms with Crippen molar-refractivity contribution in [2.75, 3.05) is 59.0 Å². The molecule has 0 amide bonds. The summed E-state index contributed by atoms with van der Waals surface area (Å²) < 4.78 is 5.36. The maximum atomic E-state index is 5.36. The number of nitrogens with one attached hydrogen (secondary N) is 1. The molecule has 2 fully saturated rings. The maximum absolute atomic E-state index is 5.36. The SMILES string of the molecule is CC1CCN(CCN2CCOCC2)CCN1. The summed E-state index contributed by atoms with van der Waals surface area (Å²) in [7, 11) is 0. The van der Waals surface area contributed by atoms with Crippen LogP contribution in [0, 0.1) is 0 Å². The van der Waals surface area contributed by atoms with E-state index in [1.807, 2.05) is 0 Å². The topological polar surface area (TPSA) is 27.7 Å². The Balaban J connectivity index is 1.64. The minimum atomic E-state index is 0.688. The van der Waals surface area contributed by atoms with Crippen LogP contribution in [0.25, 0.3) is 0 Å². The van der Waals surface area contributed by atoms with Gasteiger partial charge in [-0.15, -0.1) is 0 Å². The molecule has 1 N–H and O–H groups in total. The largest absolute Gasteiger partial charge is 0.379 e. The first-order chi connectivity index (χ1) is 7.84. The molecular weight excluding hydrogens is 202 g/mol. The Labute approximate surface area is 98.9 Å². The summed E-state index contributed by atoms with van der Waals surface area (Å²) in [5.74, 6) is 0. The summed E-state index contributed by atoms with van der Waals surface area (Å²) in [5.41, 5.74) is 0. The lowest BCUT2D eigenvalue weighted by Crippen LogP contribution is -2.42. The predicted molar refractivity (Wildman–Crippen MR) is 65.8 cm³/mol. The Morgan fingerprint density at radius 2 is 1.75 bits per heavy atom. The van der Waals surface area contributed by atoms with Crippen LogP contribution in [0.4, 0.5) is 0 Å². The summed E-state index contributed by atoms with van der Waals surface area (Å²) in [6, 6.07) is 0.688. The molecule has 1 atom stereocenters. The molecule has 2 aliphatic heterocycles. The highest BCUT2D eigenvalue weighted by Gasteiger charge is 2.15. The van der Waals surface area contributed by atoms with Crippen molar-refractivity contribution in [2.24, 2.45) is 0 Å². The van der Waals surface area contributed by atoms with E-state index in [9.17, 15) is 0 Å². The van der Waals surface area contributed by atoms with Crippen LogP contribution in [0.15, 0.2) is 0 Å². The van der Waals surface area contributed by atoms with Gasteiger partial charge in [-0.25, -0.2) is 0 Å². The molecule has 0 aromatic rings. The first-order valence-electron chi connectivity index (χ1n) is 6.60. The molecule has 2 saturated heterocycles. The molecule has 0 aliphatic carbocycles. The third-order valence-electron chi connectivity index (χ3n) is 3.64. The summed E-state index contributed by atoms with van der Waals surface area (Å²) in [6.45, 7) is 12.4. The van der Waals surface area contributed by atoms with Gasteiger partial charge in [0.1, 0.15) is 0 Å². The molecule has 1 unspecified atom stereocenters. The molecule has 4 nitrogen and oxygen atoms in total. The van der Waals surface area contributed by atoms with E-state index in [0.717, 1.165) is 32.8 Å². The molecule has 0 aromatic carbocycles. The van der Waals surface area contributed by atoms with Gasteiger partial charge >= 0.3 is 0 Å². The van der Waals surface area contributed by atoms with Crippen LogP contribution in [-0.4, -0.2) is 74.9 Å². The van der Waals surface area contributed by atoms with Crippen LogP contribution >= 0.6 is 0 Å². The molecule has 2 rings (SSSR count). The zero-order chi connectivity index (χ0) is 11.2. The van der Waals surface area contributed by atoms with E-state index in [1.54, 1.807) is 0 Å². The second-order valence-electron chi connectivity index (χ2n) is 4.94. The van der Waals surface area contributed by atoms with E-state index >= 15 is 0 Å². The minimum Gasteiger partial charge on any atom is -0.379 e. The van der Waals surface area contributed by atoms with E-state index in [2.05, 4.69) is 22.0 Å². The standard InChI is InChI=1S/C12H25N3O/c1-12-2-4-14(5-3-13-12)6-7-15-8-10-16-11-9-15/h12-13H,2-11H2,1H3. The Morgan fingerprint density at radius 1 is 1.06 bits per heavy atom. The number of hydrogen-bond donors (Lipinski definition) is 1. The van der Waals surface area contributed by atoms with Crippen LogP contribution in [0.5, 0.6) is 0 Å². The van der Waals surface area contributed by atoms with Crippen LogP contribution < -0.4 is 5.32 Å². The van der Waals surface area contributed by atoms with E-state index < -0.39 is 0 Å². The van der Waals surface area contributed by atoms with Crippen molar-refractivity contribution in [1.82, 2.24) is 15.1 Å². The Hall–Kier alpha value is -0.160. The first kappa shape index (κ1) is 12.3. The van der Waals surface area contributed by atoms with Gasteiger partial charge in [0.05, 0.1) is 13.2 Å². The van der Waals surface area contributed by atoms with Gasteiger partial charge in [-0.3, -0.25) is 4.90 Å². The summed E-state index contributed by atoms with van der Waals surface area (Å²) in [5, 5.41) is 3.54. The van der Waals surface area contributed by atoms with Crippen LogP contribution in [0.2, 0.25) is 0 Å². The number of morpholine rings is 1. The van der Waals surface area contributed by atoms with Gasteiger partial charge in [0.2, 0.25) is 0 Å². The van der Waals surface area contributed by atoms with E-state index in [1.165, 1.54) is 32.6 Å². The quantitative estimate of drug-likeness (QED) is 0.735. The minimum absolute atomic E-state index is 0.688. The van der Waals surface area contributed by atoms with Crippen molar-refractivity contribution in [3.63, 3.8) is 0 Å². The highest BCUT2D eigenvalue weighted by Crippen LogP contribution is 2.02. The maximum Gasteiger partial charge on any atom is 0.0594 e. The average Bonchev–Trinajstić information content (AvgIpc) is 2.53. The van der Waals surface area contributed by atoms with Crippen molar-refractivity contribution in [3.8, 4) is 0 Å². The number of nitrogens with zero attached hydrogens (tertiary/aromatic N) is 2. The van der Waals surface area contributed by atoms with Crippen molar-refractivity contribution in [1.29, 1.82) is 0 Å². The lowest BCUT2D eigenvalue weighted by molar-refractivity contribution is 0.0336. The highest BCUT2D eigenvalue weighted by molar-refractivity contribution is 4.73. The third-order valence-corrected chi connectivity index (χ3v) is 3.64. The molecule has 0 bridgehead atoms. The Bertz CT molecular complexity index is 195. The molecule has 2 aliphatic rings. The van der Waals surface area contributed by atoms with Gasteiger partial charge in [0.25, 0.3) is 0 Å². The summed E-state index contributed by atoms with van der Waals surface area (Å²) >= 11 is 0. The van der Waals surface area contributed by atoms with Crippen molar-refractivity contribution in [2.45, 2.75) is 19.4 Å². The van der Waals surface area contributed by atoms with Crippen molar-refractivity contribution in [3.05, 3.63) is 0 Å². The van der Waals surface area contributed by atoms with E-state index in [4.69, 9.17) is 4.74 Å². The second-order valence-corrected chi connectivity index (χ2v) is 4.94. The molecule has 0 radical (unpaired) electrons. The van der Waals surface area contributed by atoms with Gasteiger partial charge in [0, 0.05) is 45.3 Å².